The number of aromatic amines is 1. The van der Waals surface area contributed by atoms with Crippen LogP contribution in [0.3, 0.4) is 0 Å². The van der Waals surface area contributed by atoms with E-state index in [0.717, 1.165) is 22.8 Å². The van der Waals surface area contributed by atoms with Gasteiger partial charge in [0, 0.05) is 6.07 Å². The Bertz CT molecular complexity index is 1210. The Morgan fingerprint density at radius 1 is 1.21 bits per heavy atom. The zero-order valence-corrected chi connectivity index (χ0v) is 14.2. The van der Waals surface area contributed by atoms with E-state index < -0.39 is 45.9 Å². The molecule has 0 aliphatic heterocycles. The lowest BCUT2D eigenvalue weighted by atomic mass is 10.2. The van der Waals surface area contributed by atoms with Gasteiger partial charge in [0.05, 0.1) is 24.1 Å². The summed E-state index contributed by atoms with van der Waals surface area (Å²) in [5.41, 5.74) is -3.75. The van der Waals surface area contributed by atoms with Gasteiger partial charge in [0.2, 0.25) is 5.75 Å². The zero-order chi connectivity index (χ0) is 21.2. The quantitative estimate of drug-likeness (QED) is 0.664. The molecule has 0 aliphatic rings. The lowest BCUT2D eigenvalue weighted by Gasteiger charge is -2.14. The summed E-state index contributed by atoms with van der Waals surface area (Å²) >= 11 is 0. The maximum atomic E-state index is 14.2. The minimum atomic E-state index is -5.06. The Kier molecular flexibility index (Phi) is 5.14. The second-order valence-electron chi connectivity index (χ2n) is 5.60. The van der Waals surface area contributed by atoms with Gasteiger partial charge < -0.3 is 4.74 Å². The Morgan fingerprint density at radius 3 is 2.59 bits per heavy atom. The molecule has 0 radical (unpaired) electrons. The average Bonchev–Trinajstić information content (AvgIpc) is 2.67. The average molecular weight is 407 g/mol. The first-order valence-corrected chi connectivity index (χ1v) is 7.78. The van der Waals surface area contributed by atoms with Gasteiger partial charge in [-0.25, -0.2) is 14.5 Å². The van der Waals surface area contributed by atoms with Crippen molar-refractivity contribution < 1.29 is 22.3 Å². The van der Waals surface area contributed by atoms with Crippen LogP contribution in [-0.4, -0.2) is 19.7 Å². The largest absolute Gasteiger partial charge is 0.446 e. The third kappa shape index (κ3) is 4.13. The van der Waals surface area contributed by atoms with Crippen molar-refractivity contribution in [2.45, 2.75) is 12.7 Å². The van der Waals surface area contributed by atoms with Crippen molar-refractivity contribution in [1.82, 2.24) is 19.7 Å². The topological polar surface area (TPSA) is 114 Å². The molecule has 12 heteroatoms. The summed E-state index contributed by atoms with van der Waals surface area (Å²) in [6.45, 7) is -0.335. The molecule has 0 atom stereocenters. The fourth-order valence-electron chi connectivity index (χ4n) is 2.30. The number of benzene rings is 1. The van der Waals surface area contributed by atoms with Crippen LogP contribution in [0.4, 0.5) is 17.6 Å². The molecule has 0 bridgehead atoms. The second kappa shape index (κ2) is 7.55. The zero-order valence-electron chi connectivity index (χ0n) is 14.2. The summed E-state index contributed by atoms with van der Waals surface area (Å²) in [4.78, 5) is 26.8. The molecule has 29 heavy (non-hydrogen) atoms. The van der Waals surface area contributed by atoms with Gasteiger partial charge in [0.25, 0.3) is 11.1 Å². The minimum Gasteiger partial charge on any atom is -0.446 e. The highest BCUT2D eigenvalue weighted by Gasteiger charge is 2.39. The number of hydrogen-bond donors (Lipinski definition) is 1. The maximum absolute atomic E-state index is 14.2. The van der Waals surface area contributed by atoms with Crippen molar-refractivity contribution >= 4 is 0 Å². The predicted octanol–water partition coefficient (Wildman–Crippen LogP) is 2.20. The smallest absolute Gasteiger partial charge is 0.437 e. The van der Waals surface area contributed by atoms with E-state index >= 15 is 0 Å². The number of ether oxygens (including phenoxy) is 1. The lowest BCUT2D eigenvalue weighted by Crippen LogP contribution is -2.27. The number of H-pyrrole nitrogens is 1. The Balaban J connectivity index is 2.10. The summed E-state index contributed by atoms with van der Waals surface area (Å²) in [7, 11) is 0. The monoisotopic (exact) mass is 407 g/mol. The fourth-order valence-corrected chi connectivity index (χ4v) is 2.30. The predicted molar refractivity (Wildman–Crippen MR) is 88.6 cm³/mol. The summed E-state index contributed by atoms with van der Waals surface area (Å²) in [5, 5.41) is 14.6. The SMILES string of the molecule is N#Cc1cccc(Oc2c(C(F)(F)F)ncn(Cc3ccc(=O)[nH]n3)c2=O)c1F. The van der Waals surface area contributed by atoms with Gasteiger partial charge in [-0.1, -0.05) is 6.07 Å². The van der Waals surface area contributed by atoms with E-state index in [-0.39, 0.29) is 12.2 Å². The third-order valence-electron chi connectivity index (χ3n) is 3.63. The van der Waals surface area contributed by atoms with Gasteiger partial charge in [-0.05, 0) is 18.2 Å². The van der Waals surface area contributed by atoms with Crippen molar-refractivity contribution in [2.24, 2.45) is 0 Å². The van der Waals surface area contributed by atoms with Crippen molar-refractivity contribution in [1.29, 1.82) is 5.26 Å². The van der Waals surface area contributed by atoms with Gasteiger partial charge >= 0.3 is 6.18 Å². The first-order valence-electron chi connectivity index (χ1n) is 7.78. The Morgan fingerprint density at radius 2 is 1.97 bits per heavy atom. The summed E-state index contributed by atoms with van der Waals surface area (Å²) < 4.78 is 59.7. The summed E-state index contributed by atoms with van der Waals surface area (Å²) in [6, 6.07) is 7.14. The van der Waals surface area contributed by atoms with Gasteiger partial charge in [-0.2, -0.15) is 23.5 Å². The number of nitriles is 1. The van der Waals surface area contributed by atoms with Crippen LogP contribution in [0.15, 0.2) is 46.2 Å². The van der Waals surface area contributed by atoms with Crippen LogP contribution in [-0.2, 0) is 12.7 Å². The van der Waals surface area contributed by atoms with Crippen molar-refractivity contribution in [2.75, 3.05) is 0 Å². The molecule has 2 heterocycles. The number of alkyl halides is 3. The minimum absolute atomic E-state index is 0.150. The molecule has 1 aromatic carbocycles. The maximum Gasteiger partial charge on any atom is 0.437 e. The molecule has 1 N–H and O–H groups in total. The van der Waals surface area contributed by atoms with Crippen LogP contribution < -0.4 is 15.9 Å². The summed E-state index contributed by atoms with van der Waals surface area (Å²) in [5.74, 6) is -3.23. The van der Waals surface area contributed by atoms with E-state index in [1.54, 1.807) is 0 Å². The molecular weight excluding hydrogens is 398 g/mol. The van der Waals surface area contributed by atoms with Crippen LogP contribution in [0.2, 0.25) is 0 Å². The molecule has 0 saturated heterocycles. The van der Waals surface area contributed by atoms with Gasteiger partial charge in [-0.3, -0.25) is 14.2 Å². The van der Waals surface area contributed by atoms with Crippen LogP contribution in [0.5, 0.6) is 11.5 Å². The van der Waals surface area contributed by atoms with Gasteiger partial charge in [-0.15, -0.1) is 0 Å². The number of aromatic nitrogens is 4. The van der Waals surface area contributed by atoms with Crippen LogP contribution >= 0.6 is 0 Å². The van der Waals surface area contributed by atoms with Crippen molar-refractivity contribution in [3.63, 3.8) is 0 Å². The van der Waals surface area contributed by atoms with Crippen LogP contribution in [0.25, 0.3) is 0 Å². The van der Waals surface area contributed by atoms with Crippen LogP contribution in [0, 0.1) is 17.1 Å². The number of nitrogens with one attached hydrogen (secondary N) is 1. The Labute approximate surface area is 158 Å². The molecule has 2 aromatic heterocycles. The van der Waals surface area contributed by atoms with Crippen molar-refractivity contribution in [3.05, 3.63) is 80.1 Å². The van der Waals surface area contributed by atoms with E-state index in [4.69, 9.17) is 10.00 Å². The molecular formula is C17H9F4N5O3. The van der Waals surface area contributed by atoms with E-state index in [2.05, 4.69) is 15.2 Å². The molecule has 0 unspecified atom stereocenters. The number of halogens is 4. The van der Waals surface area contributed by atoms with E-state index in [1.165, 1.54) is 18.2 Å². The molecule has 0 spiro atoms. The molecule has 0 fully saturated rings. The highest BCUT2D eigenvalue weighted by molar-refractivity contribution is 5.41. The molecule has 0 amide bonds. The van der Waals surface area contributed by atoms with E-state index in [1.807, 2.05) is 0 Å². The lowest BCUT2D eigenvalue weighted by molar-refractivity contribution is -0.142. The number of hydrogen-bond acceptors (Lipinski definition) is 6. The molecule has 148 valence electrons. The van der Waals surface area contributed by atoms with E-state index in [0.29, 0.717) is 6.33 Å². The third-order valence-corrected chi connectivity index (χ3v) is 3.63. The van der Waals surface area contributed by atoms with Crippen LogP contribution in [0.1, 0.15) is 17.0 Å². The number of rotatable bonds is 4. The standard InChI is InChI=1S/C17H9F4N5O3/c18-13-9(6-22)2-1-3-11(13)29-14-15(17(19,20)21)23-8-26(16(14)28)7-10-4-5-12(27)25-24-10/h1-5,8H,7H2,(H,25,27). The molecule has 0 aliphatic carbocycles. The number of nitrogens with zero attached hydrogens (tertiary/aromatic N) is 4. The van der Waals surface area contributed by atoms with E-state index in [9.17, 15) is 27.2 Å². The summed E-state index contributed by atoms with van der Waals surface area (Å²) in [6.07, 6.45) is -4.43. The first-order chi connectivity index (χ1) is 13.7. The fraction of sp³-hybridized carbons (Fsp3) is 0.118. The molecule has 3 aromatic rings. The highest BCUT2D eigenvalue weighted by atomic mass is 19.4. The normalized spacial score (nSPS) is 11.1. The van der Waals surface area contributed by atoms with Crippen molar-refractivity contribution in [3.8, 4) is 17.6 Å². The molecule has 8 nitrogen and oxygen atoms in total. The Hall–Kier alpha value is -4.01. The molecule has 0 saturated carbocycles. The van der Waals surface area contributed by atoms with Gasteiger partial charge in [0.1, 0.15) is 6.07 Å². The second-order valence-corrected chi connectivity index (χ2v) is 5.60. The highest BCUT2D eigenvalue weighted by Crippen LogP contribution is 2.35. The van der Waals surface area contributed by atoms with Gasteiger partial charge in [0.15, 0.2) is 17.3 Å². The first kappa shape index (κ1) is 19.7. The molecule has 3 rings (SSSR count).